The Balaban J connectivity index is 1.98. The lowest BCUT2D eigenvalue weighted by Gasteiger charge is -2.25. The molecule has 0 spiro atoms. The molecule has 1 fully saturated rings. The van der Waals surface area contributed by atoms with Crippen molar-refractivity contribution in [1.29, 1.82) is 0 Å². The van der Waals surface area contributed by atoms with Crippen LogP contribution in [0.2, 0.25) is 0 Å². The van der Waals surface area contributed by atoms with Gasteiger partial charge in [-0.05, 0) is 13.0 Å². The minimum absolute atomic E-state index is 0.0909. The maximum absolute atomic E-state index is 12.1. The Morgan fingerprint density at radius 2 is 2.20 bits per heavy atom. The molecule has 1 saturated heterocycles. The van der Waals surface area contributed by atoms with Gasteiger partial charge >= 0.3 is 0 Å². The van der Waals surface area contributed by atoms with Gasteiger partial charge in [-0.2, -0.15) is 0 Å². The van der Waals surface area contributed by atoms with Gasteiger partial charge in [0.25, 0.3) is 0 Å². The van der Waals surface area contributed by atoms with Crippen molar-refractivity contribution in [2.24, 2.45) is 0 Å². The second-order valence-electron chi connectivity index (χ2n) is 4.71. The third kappa shape index (κ3) is 3.27. The average Bonchev–Trinajstić information content (AvgIpc) is 2.47. The zero-order chi connectivity index (χ0) is 14.5. The summed E-state index contributed by atoms with van der Waals surface area (Å²) in [6, 6.07) is 6.99. The van der Waals surface area contributed by atoms with Gasteiger partial charge in [-0.3, -0.25) is 14.9 Å². The smallest absolute Gasteiger partial charge is 0.239 e. The van der Waals surface area contributed by atoms with E-state index < -0.39 is 6.04 Å². The van der Waals surface area contributed by atoms with Crippen molar-refractivity contribution >= 4 is 11.8 Å². The number of nitrogens with one attached hydrogen (secondary N) is 3. The number of ether oxygens (including phenoxy) is 1. The molecular formula is C14H19N3O3. The Morgan fingerprint density at radius 3 is 2.85 bits per heavy atom. The summed E-state index contributed by atoms with van der Waals surface area (Å²) in [7, 11) is 1.60. The van der Waals surface area contributed by atoms with Crippen molar-refractivity contribution in [3.05, 3.63) is 29.8 Å². The molecule has 6 heteroatoms. The van der Waals surface area contributed by atoms with E-state index in [1.807, 2.05) is 31.2 Å². The fraction of sp³-hybridized carbons (Fsp3) is 0.429. The first kappa shape index (κ1) is 14.3. The first-order chi connectivity index (χ1) is 9.61. The molecule has 2 rings (SSSR count). The molecule has 1 aromatic carbocycles. The van der Waals surface area contributed by atoms with Crippen LogP contribution < -0.4 is 20.7 Å². The number of piperazine rings is 1. The van der Waals surface area contributed by atoms with Gasteiger partial charge in [0.05, 0.1) is 19.7 Å². The highest BCUT2D eigenvalue weighted by Crippen LogP contribution is 2.24. The normalized spacial score (nSPS) is 19.9. The van der Waals surface area contributed by atoms with Crippen LogP contribution in [-0.4, -0.2) is 38.1 Å². The zero-order valence-corrected chi connectivity index (χ0v) is 11.6. The van der Waals surface area contributed by atoms with Crippen LogP contribution >= 0.6 is 0 Å². The van der Waals surface area contributed by atoms with Crippen LogP contribution in [0.25, 0.3) is 0 Å². The molecule has 0 radical (unpaired) electrons. The topological polar surface area (TPSA) is 79.5 Å². The average molecular weight is 277 g/mol. The molecule has 6 nitrogen and oxygen atoms in total. The summed E-state index contributed by atoms with van der Waals surface area (Å²) in [5.41, 5.74) is 0.920. The maximum Gasteiger partial charge on any atom is 0.239 e. The predicted octanol–water partition coefficient (Wildman–Crippen LogP) is -0.0396. The lowest BCUT2D eigenvalue weighted by atomic mass is 10.1. The molecule has 1 aliphatic heterocycles. The van der Waals surface area contributed by atoms with E-state index in [-0.39, 0.29) is 24.4 Å². The van der Waals surface area contributed by atoms with Crippen molar-refractivity contribution < 1.29 is 14.3 Å². The van der Waals surface area contributed by atoms with Crippen LogP contribution in [-0.2, 0) is 9.59 Å². The van der Waals surface area contributed by atoms with Gasteiger partial charge in [0.15, 0.2) is 0 Å². The van der Waals surface area contributed by atoms with Crippen molar-refractivity contribution in [3.63, 3.8) is 0 Å². The number of benzene rings is 1. The van der Waals surface area contributed by atoms with Gasteiger partial charge in [-0.15, -0.1) is 0 Å². The van der Waals surface area contributed by atoms with Gasteiger partial charge in [0.2, 0.25) is 11.8 Å². The second kappa shape index (κ2) is 6.38. The largest absolute Gasteiger partial charge is 0.496 e. The van der Waals surface area contributed by atoms with E-state index in [1.54, 1.807) is 7.11 Å². The van der Waals surface area contributed by atoms with Gasteiger partial charge < -0.3 is 15.4 Å². The highest BCUT2D eigenvalue weighted by Gasteiger charge is 2.25. The molecule has 0 saturated carbocycles. The molecular weight excluding hydrogens is 258 g/mol. The zero-order valence-electron chi connectivity index (χ0n) is 11.6. The van der Waals surface area contributed by atoms with Gasteiger partial charge in [-0.1, -0.05) is 18.2 Å². The molecule has 1 unspecified atom stereocenters. The SMILES string of the molecule is COc1ccccc1[C@H](C)NC(=O)C1CNC(=O)CN1. The van der Waals surface area contributed by atoms with E-state index in [0.717, 1.165) is 11.3 Å². The van der Waals surface area contributed by atoms with E-state index in [9.17, 15) is 9.59 Å². The van der Waals surface area contributed by atoms with Gasteiger partial charge in [-0.25, -0.2) is 0 Å². The summed E-state index contributed by atoms with van der Waals surface area (Å²) in [5.74, 6) is 0.514. The van der Waals surface area contributed by atoms with Crippen LogP contribution in [0.3, 0.4) is 0 Å². The third-order valence-corrected chi connectivity index (χ3v) is 3.29. The van der Waals surface area contributed by atoms with Crippen LogP contribution in [0.5, 0.6) is 5.75 Å². The fourth-order valence-electron chi connectivity index (χ4n) is 2.17. The Kier molecular flexibility index (Phi) is 4.57. The molecule has 0 bridgehead atoms. The fourth-order valence-corrected chi connectivity index (χ4v) is 2.17. The van der Waals surface area contributed by atoms with Crippen LogP contribution in [0.1, 0.15) is 18.5 Å². The highest BCUT2D eigenvalue weighted by molar-refractivity contribution is 5.87. The highest BCUT2D eigenvalue weighted by atomic mass is 16.5. The Bertz CT molecular complexity index is 494. The molecule has 0 aromatic heterocycles. The second-order valence-corrected chi connectivity index (χ2v) is 4.71. The third-order valence-electron chi connectivity index (χ3n) is 3.29. The molecule has 1 aliphatic rings. The van der Waals surface area contributed by atoms with Crippen LogP contribution in [0.15, 0.2) is 24.3 Å². The monoisotopic (exact) mass is 277 g/mol. The van der Waals surface area contributed by atoms with E-state index in [2.05, 4.69) is 16.0 Å². The number of hydrogen-bond acceptors (Lipinski definition) is 4. The molecule has 108 valence electrons. The van der Waals surface area contributed by atoms with Crippen LogP contribution in [0.4, 0.5) is 0 Å². The Morgan fingerprint density at radius 1 is 1.45 bits per heavy atom. The summed E-state index contributed by atoms with van der Waals surface area (Å²) < 4.78 is 5.28. The molecule has 1 heterocycles. The predicted molar refractivity (Wildman–Crippen MR) is 74.4 cm³/mol. The lowest BCUT2D eigenvalue weighted by molar-refractivity contribution is -0.127. The minimum Gasteiger partial charge on any atom is -0.496 e. The number of carbonyl (C=O) groups is 2. The number of para-hydroxylation sites is 1. The number of carbonyl (C=O) groups excluding carboxylic acids is 2. The maximum atomic E-state index is 12.1. The summed E-state index contributed by atoms with van der Waals surface area (Å²) in [6.07, 6.45) is 0. The first-order valence-electron chi connectivity index (χ1n) is 6.55. The van der Waals surface area contributed by atoms with E-state index in [4.69, 9.17) is 4.74 Å². The van der Waals surface area contributed by atoms with E-state index >= 15 is 0 Å². The summed E-state index contributed by atoms with van der Waals surface area (Å²) >= 11 is 0. The molecule has 1 aromatic rings. The minimum atomic E-state index is -0.398. The Hall–Kier alpha value is -2.08. The summed E-state index contributed by atoms with van der Waals surface area (Å²) in [4.78, 5) is 23.2. The van der Waals surface area contributed by atoms with E-state index in [0.29, 0.717) is 6.54 Å². The summed E-state index contributed by atoms with van der Waals surface area (Å²) in [5, 5.41) is 8.48. The summed E-state index contributed by atoms with van der Waals surface area (Å²) in [6.45, 7) is 2.38. The molecule has 2 amide bonds. The number of methoxy groups -OCH3 is 1. The van der Waals surface area contributed by atoms with Crippen molar-refractivity contribution in [2.45, 2.75) is 19.0 Å². The standard InChI is InChI=1S/C14H19N3O3/c1-9(10-5-3-4-6-12(10)20-2)17-14(19)11-7-16-13(18)8-15-11/h3-6,9,11,15H,7-8H2,1-2H3,(H,16,18)(H,17,19)/t9-,11?/m0/s1. The Labute approximate surface area is 117 Å². The molecule has 20 heavy (non-hydrogen) atoms. The lowest BCUT2D eigenvalue weighted by Crippen LogP contribution is -2.58. The number of amides is 2. The number of rotatable bonds is 4. The van der Waals surface area contributed by atoms with E-state index in [1.165, 1.54) is 0 Å². The molecule has 2 atom stereocenters. The van der Waals surface area contributed by atoms with Crippen molar-refractivity contribution in [2.75, 3.05) is 20.2 Å². The number of hydrogen-bond donors (Lipinski definition) is 3. The van der Waals surface area contributed by atoms with Crippen molar-refractivity contribution in [3.8, 4) is 5.75 Å². The van der Waals surface area contributed by atoms with Gasteiger partial charge in [0.1, 0.15) is 11.8 Å². The first-order valence-corrected chi connectivity index (χ1v) is 6.55. The molecule has 3 N–H and O–H groups in total. The van der Waals surface area contributed by atoms with Crippen LogP contribution in [0, 0.1) is 0 Å². The quantitative estimate of drug-likeness (QED) is 0.721. The molecule has 0 aliphatic carbocycles. The van der Waals surface area contributed by atoms with Crippen molar-refractivity contribution in [1.82, 2.24) is 16.0 Å². The van der Waals surface area contributed by atoms with Gasteiger partial charge in [0, 0.05) is 12.1 Å².